The van der Waals surface area contributed by atoms with Crippen LogP contribution in [0.5, 0.6) is 11.5 Å². The van der Waals surface area contributed by atoms with Crippen molar-refractivity contribution < 1.29 is 18.3 Å². The van der Waals surface area contributed by atoms with Crippen LogP contribution < -0.4 is 14.4 Å². The second-order valence-corrected chi connectivity index (χ2v) is 11.9. The Morgan fingerprint density at radius 1 is 0.510 bits per heavy atom. The fourth-order valence-corrected chi connectivity index (χ4v) is 5.61. The van der Waals surface area contributed by atoms with E-state index in [0.717, 1.165) is 62.3 Å². The van der Waals surface area contributed by atoms with Crippen LogP contribution in [0.25, 0.3) is 11.6 Å². The highest BCUT2D eigenvalue weighted by molar-refractivity contribution is 5.92. The van der Waals surface area contributed by atoms with E-state index in [4.69, 9.17) is 18.3 Å². The van der Waals surface area contributed by atoms with Crippen molar-refractivity contribution in [3.05, 3.63) is 197 Å². The Bertz CT molecular complexity index is 1950. The molecule has 49 heavy (non-hydrogen) atoms. The normalized spacial score (nSPS) is 10.8. The molecule has 0 saturated carbocycles. The van der Waals surface area contributed by atoms with Gasteiger partial charge >= 0.3 is 0 Å². The number of benzene rings is 5. The summed E-state index contributed by atoms with van der Waals surface area (Å²) in [5, 5.41) is 0. The van der Waals surface area contributed by atoms with Crippen molar-refractivity contribution in [1.82, 2.24) is 0 Å². The molecule has 5 nitrogen and oxygen atoms in total. The average molecular weight is 644 g/mol. The van der Waals surface area contributed by atoms with Crippen LogP contribution in [0.3, 0.4) is 0 Å². The predicted molar refractivity (Wildman–Crippen MR) is 197 cm³/mol. The minimum atomic E-state index is 0.378. The molecule has 0 bridgehead atoms. The fraction of sp³-hybridized carbons (Fsp3) is 0.0909. The van der Waals surface area contributed by atoms with Crippen LogP contribution >= 0.6 is 0 Å². The van der Waals surface area contributed by atoms with Gasteiger partial charge in [0.05, 0.1) is 12.5 Å². The van der Waals surface area contributed by atoms with Crippen LogP contribution in [-0.4, -0.2) is 0 Å². The number of nitrogens with zero attached hydrogens (tertiary/aromatic N) is 1. The third-order valence-electron chi connectivity index (χ3n) is 8.30. The smallest absolute Gasteiger partial charge is 0.146 e. The standard InChI is InChI=1S/C44H37NO4/c1-32-7-17-37(18-8-32)45(38-19-9-33(2)10-20-38)39-21-11-34(12-22-39)29-44(35-13-23-40(24-14-35)48-30-42-5-3-27-46-42)36-15-25-41(26-16-36)49-31-43-6-4-28-47-43/h3-29H,30-31H2,1-2H3. The van der Waals surface area contributed by atoms with Crippen LogP contribution in [0.4, 0.5) is 17.1 Å². The van der Waals surface area contributed by atoms with Crippen molar-refractivity contribution in [3.8, 4) is 11.5 Å². The summed E-state index contributed by atoms with van der Waals surface area (Å²) >= 11 is 0. The second kappa shape index (κ2) is 14.7. The van der Waals surface area contributed by atoms with E-state index < -0.39 is 0 Å². The molecule has 7 aromatic rings. The Kier molecular flexibility index (Phi) is 9.42. The molecule has 0 aliphatic carbocycles. The largest absolute Gasteiger partial charge is 0.486 e. The third kappa shape index (κ3) is 7.86. The van der Waals surface area contributed by atoms with Crippen molar-refractivity contribution in [2.75, 3.05) is 4.90 Å². The SMILES string of the molecule is Cc1ccc(N(c2ccc(C)cc2)c2ccc(C=C(c3ccc(OCc4ccco4)cc3)c3ccc(OCc4ccco4)cc3)cc2)cc1. The van der Waals surface area contributed by atoms with Crippen molar-refractivity contribution in [3.63, 3.8) is 0 Å². The Morgan fingerprint density at radius 2 is 0.918 bits per heavy atom. The molecule has 7 rings (SSSR count). The molecule has 0 N–H and O–H groups in total. The monoisotopic (exact) mass is 643 g/mol. The van der Waals surface area contributed by atoms with Gasteiger partial charge in [-0.1, -0.05) is 71.8 Å². The van der Waals surface area contributed by atoms with Gasteiger partial charge in [0, 0.05) is 17.1 Å². The molecule has 0 amide bonds. The maximum Gasteiger partial charge on any atom is 0.146 e. The summed E-state index contributed by atoms with van der Waals surface area (Å²) in [5.74, 6) is 3.12. The summed E-state index contributed by atoms with van der Waals surface area (Å²) < 4.78 is 22.8. The molecule has 0 radical (unpaired) electrons. The first-order valence-corrected chi connectivity index (χ1v) is 16.3. The molecule has 0 aliphatic rings. The quantitative estimate of drug-likeness (QED) is 0.124. The molecule has 0 saturated heterocycles. The number of anilines is 3. The van der Waals surface area contributed by atoms with Crippen LogP contribution in [0.2, 0.25) is 0 Å². The van der Waals surface area contributed by atoms with Gasteiger partial charge in [0.2, 0.25) is 0 Å². The summed E-state index contributed by atoms with van der Waals surface area (Å²) in [6, 6.07) is 49.9. The first-order valence-electron chi connectivity index (χ1n) is 16.3. The van der Waals surface area contributed by atoms with Gasteiger partial charge in [-0.05, 0) is 127 Å². The van der Waals surface area contributed by atoms with Gasteiger partial charge in [-0.3, -0.25) is 0 Å². The molecular formula is C44H37NO4. The van der Waals surface area contributed by atoms with E-state index in [0.29, 0.717) is 13.2 Å². The molecule has 2 aromatic heterocycles. The van der Waals surface area contributed by atoms with Crippen molar-refractivity contribution >= 4 is 28.7 Å². The second-order valence-electron chi connectivity index (χ2n) is 11.9. The fourth-order valence-electron chi connectivity index (χ4n) is 5.61. The molecule has 0 unspecified atom stereocenters. The summed E-state index contributed by atoms with van der Waals surface area (Å²) in [6.45, 7) is 4.98. The number of ether oxygens (including phenoxy) is 2. The van der Waals surface area contributed by atoms with Gasteiger partial charge in [-0.2, -0.15) is 0 Å². The zero-order chi connectivity index (χ0) is 33.4. The molecule has 0 atom stereocenters. The van der Waals surface area contributed by atoms with E-state index in [1.54, 1.807) is 12.5 Å². The molecule has 0 aliphatic heterocycles. The van der Waals surface area contributed by atoms with Crippen LogP contribution in [0.1, 0.15) is 39.3 Å². The maximum atomic E-state index is 5.96. The summed E-state index contributed by atoms with van der Waals surface area (Å²) in [5.41, 5.74) is 10.1. The van der Waals surface area contributed by atoms with E-state index in [1.165, 1.54) is 11.1 Å². The highest BCUT2D eigenvalue weighted by Crippen LogP contribution is 2.36. The van der Waals surface area contributed by atoms with Gasteiger partial charge in [0.15, 0.2) is 0 Å². The number of aryl methyl sites for hydroxylation is 2. The molecule has 0 spiro atoms. The highest BCUT2D eigenvalue weighted by atomic mass is 16.5. The van der Waals surface area contributed by atoms with E-state index in [9.17, 15) is 0 Å². The number of furan rings is 2. The van der Waals surface area contributed by atoms with E-state index in [1.807, 2.05) is 48.5 Å². The maximum absolute atomic E-state index is 5.96. The third-order valence-corrected chi connectivity index (χ3v) is 8.30. The summed E-state index contributed by atoms with van der Waals surface area (Å²) in [7, 11) is 0. The first-order chi connectivity index (χ1) is 24.1. The highest BCUT2D eigenvalue weighted by Gasteiger charge is 2.13. The lowest BCUT2D eigenvalue weighted by atomic mass is 9.95. The van der Waals surface area contributed by atoms with Gasteiger partial charge in [0.1, 0.15) is 36.2 Å². The van der Waals surface area contributed by atoms with E-state index >= 15 is 0 Å². The summed E-state index contributed by atoms with van der Waals surface area (Å²) in [4.78, 5) is 2.29. The van der Waals surface area contributed by atoms with Gasteiger partial charge in [-0.25, -0.2) is 0 Å². The molecular weight excluding hydrogens is 606 g/mol. The molecule has 242 valence electrons. The van der Waals surface area contributed by atoms with Crippen molar-refractivity contribution in [2.45, 2.75) is 27.1 Å². The topological polar surface area (TPSA) is 48.0 Å². The summed E-state index contributed by atoms with van der Waals surface area (Å²) in [6.07, 6.45) is 5.53. The number of hydrogen-bond acceptors (Lipinski definition) is 5. The minimum Gasteiger partial charge on any atom is -0.486 e. The lowest BCUT2D eigenvalue weighted by Crippen LogP contribution is -2.09. The Balaban J connectivity index is 1.19. The van der Waals surface area contributed by atoms with E-state index in [2.05, 4.69) is 122 Å². The minimum absolute atomic E-state index is 0.378. The zero-order valence-electron chi connectivity index (χ0n) is 27.6. The molecule has 0 fully saturated rings. The molecule has 5 aromatic carbocycles. The first kappa shape index (κ1) is 31.4. The van der Waals surface area contributed by atoms with Crippen LogP contribution in [0, 0.1) is 13.8 Å². The van der Waals surface area contributed by atoms with Gasteiger partial charge in [0.25, 0.3) is 0 Å². The lowest BCUT2D eigenvalue weighted by molar-refractivity contribution is 0.270. The van der Waals surface area contributed by atoms with Crippen LogP contribution in [-0.2, 0) is 13.2 Å². The number of rotatable bonds is 12. The van der Waals surface area contributed by atoms with E-state index in [-0.39, 0.29) is 0 Å². The zero-order valence-corrected chi connectivity index (χ0v) is 27.6. The van der Waals surface area contributed by atoms with Gasteiger partial charge < -0.3 is 23.2 Å². The lowest BCUT2D eigenvalue weighted by Gasteiger charge is -2.26. The predicted octanol–water partition coefficient (Wildman–Crippen LogP) is 11.7. The average Bonchev–Trinajstić information content (AvgIpc) is 3.87. The molecule has 5 heteroatoms. The van der Waals surface area contributed by atoms with Crippen molar-refractivity contribution in [2.24, 2.45) is 0 Å². The Hall–Kier alpha value is -6.20. The van der Waals surface area contributed by atoms with Crippen molar-refractivity contribution in [1.29, 1.82) is 0 Å². The number of hydrogen-bond donors (Lipinski definition) is 0. The Labute approximate surface area is 287 Å². The Morgan fingerprint density at radius 3 is 1.31 bits per heavy atom. The van der Waals surface area contributed by atoms with Gasteiger partial charge in [-0.15, -0.1) is 0 Å². The van der Waals surface area contributed by atoms with Crippen LogP contribution in [0.15, 0.2) is 167 Å². The molecule has 2 heterocycles.